The Morgan fingerprint density at radius 3 is 2.48 bits per heavy atom. The summed E-state index contributed by atoms with van der Waals surface area (Å²) in [6.07, 6.45) is 7.67. The van der Waals surface area contributed by atoms with Gasteiger partial charge in [-0.3, -0.25) is 4.90 Å². The van der Waals surface area contributed by atoms with Gasteiger partial charge in [0, 0.05) is 30.2 Å². The minimum absolute atomic E-state index is 0.351. The largest absolute Gasteiger partial charge is 0.508 e. The Hall–Kier alpha value is -1.48. The maximum absolute atomic E-state index is 9.78. The van der Waals surface area contributed by atoms with E-state index in [1.54, 1.807) is 6.07 Å². The first-order chi connectivity index (χ1) is 10.1. The number of likely N-dealkylation sites (tertiary alicyclic amines) is 1. The smallest absolute Gasteiger partial charge is 0.117 e. The zero-order valence-electron chi connectivity index (χ0n) is 13.2. The van der Waals surface area contributed by atoms with Crippen LogP contribution in [-0.2, 0) is 6.54 Å². The molecule has 3 nitrogen and oxygen atoms in total. The van der Waals surface area contributed by atoms with E-state index in [-0.39, 0.29) is 0 Å². The quantitative estimate of drug-likeness (QED) is 0.911. The van der Waals surface area contributed by atoms with E-state index in [2.05, 4.69) is 35.6 Å². The number of aromatic hydroxyl groups is 1. The molecule has 1 aromatic carbocycles. The lowest BCUT2D eigenvalue weighted by atomic mass is 10.1. The van der Waals surface area contributed by atoms with Crippen LogP contribution in [0.2, 0.25) is 0 Å². The molecule has 2 heterocycles. The maximum Gasteiger partial charge on any atom is 0.117 e. The summed E-state index contributed by atoms with van der Waals surface area (Å²) in [4.78, 5) is 2.58. The monoisotopic (exact) mass is 286 g/mol. The lowest BCUT2D eigenvalue weighted by molar-refractivity contribution is 0.277. The van der Waals surface area contributed by atoms with Gasteiger partial charge in [0.2, 0.25) is 0 Å². The van der Waals surface area contributed by atoms with Gasteiger partial charge in [-0.15, -0.1) is 0 Å². The van der Waals surface area contributed by atoms with Gasteiger partial charge in [-0.2, -0.15) is 0 Å². The summed E-state index contributed by atoms with van der Waals surface area (Å²) in [5.41, 5.74) is 2.54. The zero-order valence-corrected chi connectivity index (χ0v) is 13.2. The summed E-state index contributed by atoms with van der Waals surface area (Å²) in [6.45, 7) is 7.85. The summed E-state index contributed by atoms with van der Waals surface area (Å²) in [5, 5.41) is 11.1. The highest BCUT2D eigenvalue weighted by Gasteiger charge is 2.15. The van der Waals surface area contributed by atoms with Crippen molar-refractivity contribution in [1.82, 2.24) is 9.47 Å². The first-order valence-corrected chi connectivity index (χ1v) is 8.20. The summed E-state index contributed by atoms with van der Waals surface area (Å²) in [7, 11) is 0. The van der Waals surface area contributed by atoms with Crippen molar-refractivity contribution in [3.63, 3.8) is 0 Å². The Bertz CT molecular complexity index is 607. The van der Waals surface area contributed by atoms with E-state index in [4.69, 9.17) is 0 Å². The van der Waals surface area contributed by atoms with E-state index in [1.807, 2.05) is 6.07 Å². The van der Waals surface area contributed by atoms with Gasteiger partial charge in [0.25, 0.3) is 0 Å². The molecule has 114 valence electrons. The van der Waals surface area contributed by atoms with Crippen molar-refractivity contribution in [3.05, 3.63) is 30.0 Å². The number of phenolic OH excluding ortho intramolecular Hbond substituents is 1. The van der Waals surface area contributed by atoms with E-state index >= 15 is 0 Å². The highest BCUT2D eigenvalue weighted by molar-refractivity contribution is 5.85. The van der Waals surface area contributed by atoms with Gasteiger partial charge in [0.1, 0.15) is 5.75 Å². The Morgan fingerprint density at radius 1 is 1.10 bits per heavy atom. The molecule has 1 saturated heterocycles. The van der Waals surface area contributed by atoms with Gasteiger partial charge in [0.05, 0.1) is 5.52 Å². The van der Waals surface area contributed by atoms with Crippen LogP contribution in [0.4, 0.5) is 0 Å². The van der Waals surface area contributed by atoms with E-state index < -0.39 is 0 Å². The highest BCUT2D eigenvalue weighted by Crippen LogP contribution is 2.29. The zero-order chi connectivity index (χ0) is 14.8. The lowest BCUT2D eigenvalue weighted by Crippen LogP contribution is -2.23. The van der Waals surface area contributed by atoms with Crippen LogP contribution < -0.4 is 0 Å². The van der Waals surface area contributed by atoms with E-state index in [0.29, 0.717) is 11.8 Å². The summed E-state index contributed by atoms with van der Waals surface area (Å²) in [5.74, 6) is 0.351. The molecular formula is C18H26N2O. The molecule has 3 heteroatoms. The van der Waals surface area contributed by atoms with Crippen molar-refractivity contribution >= 4 is 10.9 Å². The van der Waals surface area contributed by atoms with Crippen molar-refractivity contribution in [2.75, 3.05) is 13.1 Å². The third kappa shape index (κ3) is 3.08. The Kier molecular flexibility index (Phi) is 4.20. The van der Waals surface area contributed by atoms with E-state index in [0.717, 1.165) is 12.1 Å². The molecule has 1 N–H and O–H groups in total. The van der Waals surface area contributed by atoms with Crippen LogP contribution in [0.15, 0.2) is 24.4 Å². The average molecular weight is 286 g/mol. The number of hydrogen-bond donors (Lipinski definition) is 1. The number of hydrogen-bond acceptors (Lipinski definition) is 2. The van der Waals surface area contributed by atoms with Gasteiger partial charge < -0.3 is 9.67 Å². The fourth-order valence-corrected chi connectivity index (χ4v) is 3.40. The Labute approximate surface area is 127 Å². The third-order valence-corrected chi connectivity index (χ3v) is 4.55. The predicted octanol–water partition coefficient (Wildman–Crippen LogP) is 4.30. The molecule has 3 rings (SSSR count). The van der Waals surface area contributed by atoms with Crippen LogP contribution >= 0.6 is 0 Å². The van der Waals surface area contributed by atoms with Crippen molar-refractivity contribution in [3.8, 4) is 5.75 Å². The molecule has 2 aromatic rings. The third-order valence-electron chi connectivity index (χ3n) is 4.55. The molecule has 0 amide bonds. The topological polar surface area (TPSA) is 28.4 Å². The van der Waals surface area contributed by atoms with Crippen molar-refractivity contribution < 1.29 is 5.11 Å². The lowest BCUT2D eigenvalue weighted by Gasteiger charge is -2.19. The molecule has 21 heavy (non-hydrogen) atoms. The summed E-state index contributed by atoms with van der Waals surface area (Å²) < 4.78 is 2.28. The molecule has 0 aliphatic carbocycles. The molecule has 1 aliphatic heterocycles. The molecule has 1 fully saturated rings. The van der Waals surface area contributed by atoms with Gasteiger partial charge in [-0.1, -0.05) is 12.8 Å². The van der Waals surface area contributed by atoms with Gasteiger partial charge in [-0.05, 0) is 57.5 Å². The van der Waals surface area contributed by atoms with Crippen LogP contribution in [0.1, 0.15) is 51.1 Å². The first kappa shape index (κ1) is 14.5. The second-order valence-corrected chi connectivity index (χ2v) is 6.55. The molecular weight excluding hydrogens is 260 g/mol. The molecule has 0 bridgehead atoms. The predicted molar refractivity (Wildman–Crippen MR) is 87.7 cm³/mol. The number of benzene rings is 1. The molecule has 0 atom stereocenters. The second kappa shape index (κ2) is 6.10. The van der Waals surface area contributed by atoms with Crippen molar-refractivity contribution in [2.45, 2.75) is 52.1 Å². The van der Waals surface area contributed by atoms with Crippen LogP contribution in [0, 0.1) is 0 Å². The minimum atomic E-state index is 0.351. The molecule has 1 aliphatic rings. The van der Waals surface area contributed by atoms with Crippen LogP contribution in [0.3, 0.4) is 0 Å². The standard InChI is InChI=1S/C18H26N2O/c1-14(2)20-13-15(12-19-9-5-3-4-6-10-19)17-8-7-16(21)11-18(17)20/h7-8,11,13-14,21H,3-6,9-10,12H2,1-2H3. The summed E-state index contributed by atoms with van der Waals surface area (Å²) >= 11 is 0. The SMILES string of the molecule is CC(C)n1cc(CN2CCCCCC2)c2ccc(O)cc21. The number of nitrogens with zero attached hydrogens (tertiary/aromatic N) is 2. The number of fused-ring (bicyclic) bond motifs is 1. The molecule has 0 unspecified atom stereocenters. The van der Waals surface area contributed by atoms with Gasteiger partial charge >= 0.3 is 0 Å². The molecule has 0 saturated carbocycles. The first-order valence-electron chi connectivity index (χ1n) is 8.20. The fraction of sp³-hybridized carbons (Fsp3) is 0.556. The van der Waals surface area contributed by atoms with Gasteiger partial charge in [0.15, 0.2) is 0 Å². The average Bonchev–Trinajstić information content (AvgIpc) is 2.62. The Morgan fingerprint density at radius 2 is 1.81 bits per heavy atom. The normalized spacial score (nSPS) is 17.5. The van der Waals surface area contributed by atoms with Crippen LogP contribution in [0.25, 0.3) is 10.9 Å². The van der Waals surface area contributed by atoms with Crippen LogP contribution in [-0.4, -0.2) is 27.7 Å². The molecule has 0 spiro atoms. The molecule has 1 aromatic heterocycles. The number of phenols is 1. The highest BCUT2D eigenvalue weighted by atomic mass is 16.3. The number of aromatic nitrogens is 1. The van der Waals surface area contributed by atoms with Crippen LogP contribution in [0.5, 0.6) is 5.75 Å². The fourth-order valence-electron chi connectivity index (χ4n) is 3.40. The van der Waals surface area contributed by atoms with Gasteiger partial charge in [-0.25, -0.2) is 0 Å². The second-order valence-electron chi connectivity index (χ2n) is 6.55. The molecule has 0 radical (unpaired) electrons. The maximum atomic E-state index is 9.78. The Balaban J connectivity index is 1.94. The van der Waals surface area contributed by atoms with E-state index in [1.165, 1.54) is 49.7 Å². The summed E-state index contributed by atoms with van der Waals surface area (Å²) in [6, 6.07) is 6.17. The van der Waals surface area contributed by atoms with E-state index in [9.17, 15) is 5.11 Å². The van der Waals surface area contributed by atoms with Crippen molar-refractivity contribution in [1.29, 1.82) is 0 Å². The number of rotatable bonds is 3. The van der Waals surface area contributed by atoms with Crippen molar-refractivity contribution in [2.24, 2.45) is 0 Å². The minimum Gasteiger partial charge on any atom is -0.508 e.